The molecule has 2 aromatic rings. The number of carbonyl (C=O) groups excluding carboxylic acids is 4. The normalized spacial score (nSPS) is 14.1. The molecule has 1 fully saturated rings. The minimum Gasteiger partial charge on any atom is -0.352 e. The molecule has 174 valence electrons. The number of imide groups is 2. The zero-order valence-electron chi connectivity index (χ0n) is 18.4. The third-order valence-electron chi connectivity index (χ3n) is 5.27. The third-order valence-corrected chi connectivity index (χ3v) is 7.07. The Kier molecular flexibility index (Phi) is 6.82. The summed E-state index contributed by atoms with van der Waals surface area (Å²) < 4.78 is 26.7. The van der Waals surface area contributed by atoms with Gasteiger partial charge in [-0.2, -0.15) is 0 Å². The van der Waals surface area contributed by atoms with Crippen molar-refractivity contribution in [2.45, 2.75) is 18.2 Å². The Balaban J connectivity index is 1.56. The van der Waals surface area contributed by atoms with Gasteiger partial charge in [-0.25, -0.2) is 13.2 Å². The number of amides is 5. The third kappa shape index (κ3) is 4.87. The van der Waals surface area contributed by atoms with E-state index in [4.69, 9.17) is 0 Å². The smallest absolute Gasteiger partial charge is 0.333 e. The van der Waals surface area contributed by atoms with Gasteiger partial charge < -0.3 is 5.32 Å². The average Bonchev–Trinajstić information content (AvgIpc) is 2.99. The first kappa shape index (κ1) is 23.9. The van der Waals surface area contributed by atoms with Crippen LogP contribution in [0.25, 0.3) is 0 Å². The van der Waals surface area contributed by atoms with Gasteiger partial charge in [0.15, 0.2) is 0 Å². The summed E-state index contributed by atoms with van der Waals surface area (Å²) >= 11 is 0. The van der Waals surface area contributed by atoms with Crippen LogP contribution in [0.4, 0.5) is 10.5 Å². The van der Waals surface area contributed by atoms with Gasteiger partial charge in [-0.05, 0) is 49.7 Å². The highest BCUT2D eigenvalue weighted by atomic mass is 32.2. The van der Waals surface area contributed by atoms with E-state index in [2.05, 4.69) is 5.32 Å². The summed E-state index contributed by atoms with van der Waals surface area (Å²) in [7, 11) is -1.07. The molecule has 11 heteroatoms. The highest BCUT2D eigenvalue weighted by Crippen LogP contribution is 2.22. The van der Waals surface area contributed by atoms with Crippen molar-refractivity contribution < 1.29 is 27.6 Å². The van der Waals surface area contributed by atoms with E-state index < -0.39 is 33.8 Å². The van der Waals surface area contributed by atoms with Crippen molar-refractivity contribution in [1.29, 1.82) is 0 Å². The van der Waals surface area contributed by atoms with Crippen LogP contribution in [-0.4, -0.2) is 69.2 Å². The number of anilines is 1. The molecule has 0 bridgehead atoms. The van der Waals surface area contributed by atoms with Gasteiger partial charge in [0.1, 0.15) is 0 Å². The van der Waals surface area contributed by atoms with Gasteiger partial charge in [0.05, 0.1) is 10.6 Å². The monoisotopic (exact) mass is 472 g/mol. The molecule has 3 rings (SSSR count). The molecule has 0 saturated carbocycles. The first-order valence-corrected chi connectivity index (χ1v) is 11.6. The molecule has 0 atom stereocenters. The molecular weight excluding hydrogens is 448 g/mol. The number of hydrogen-bond donors (Lipinski definition) is 1. The largest absolute Gasteiger partial charge is 0.352 e. The Hall–Kier alpha value is -3.73. The second-order valence-corrected chi connectivity index (χ2v) is 9.51. The van der Waals surface area contributed by atoms with Crippen LogP contribution in [0.15, 0.2) is 53.4 Å². The van der Waals surface area contributed by atoms with E-state index in [1.165, 1.54) is 38.4 Å². The van der Waals surface area contributed by atoms with Crippen LogP contribution in [0.1, 0.15) is 22.3 Å². The van der Waals surface area contributed by atoms with Gasteiger partial charge in [-0.3, -0.25) is 28.5 Å². The number of nitrogens with zero attached hydrogens (tertiary/aromatic N) is 3. The number of hydrogen-bond acceptors (Lipinski definition) is 6. The Morgan fingerprint density at radius 1 is 0.970 bits per heavy atom. The molecule has 0 aliphatic carbocycles. The standard InChI is InChI=1S/C22H24N4O6S/c1-15-5-11-18(12-6-15)33(31,32)25(3)17-9-7-16(8-10-17)19(27)23-13-4-14-26-21(29)20(28)24(2)22(26)30/h5-12H,4,13-14H2,1-3H3,(H,23,27). The lowest BCUT2D eigenvalue weighted by Gasteiger charge is -2.20. The maximum absolute atomic E-state index is 12.8. The summed E-state index contributed by atoms with van der Waals surface area (Å²) in [6.07, 6.45) is 0.278. The summed E-state index contributed by atoms with van der Waals surface area (Å²) in [5, 5.41) is 2.67. The molecule has 5 amide bonds. The summed E-state index contributed by atoms with van der Waals surface area (Å²) in [4.78, 5) is 49.1. The first-order valence-electron chi connectivity index (χ1n) is 10.1. The van der Waals surface area contributed by atoms with Gasteiger partial charge >= 0.3 is 17.8 Å². The Labute approximate surface area is 191 Å². The topological polar surface area (TPSA) is 124 Å². The molecule has 1 aliphatic rings. The molecule has 0 radical (unpaired) electrons. The zero-order valence-corrected chi connectivity index (χ0v) is 19.3. The second kappa shape index (κ2) is 9.41. The fourth-order valence-electron chi connectivity index (χ4n) is 3.18. The van der Waals surface area contributed by atoms with Crippen LogP contribution >= 0.6 is 0 Å². The lowest BCUT2D eigenvalue weighted by Crippen LogP contribution is -2.34. The Morgan fingerprint density at radius 2 is 1.58 bits per heavy atom. The maximum atomic E-state index is 12.8. The number of aryl methyl sites for hydroxylation is 1. The molecule has 33 heavy (non-hydrogen) atoms. The summed E-state index contributed by atoms with van der Waals surface area (Å²) in [5.74, 6) is -2.15. The number of nitrogens with one attached hydrogen (secondary N) is 1. The lowest BCUT2D eigenvalue weighted by atomic mass is 10.2. The first-order chi connectivity index (χ1) is 15.5. The number of carbonyl (C=O) groups is 4. The van der Waals surface area contributed by atoms with Crippen molar-refractivity contribution in [2.24, 2.45) is 0 Å². The van der Waals surface area contributed by atoms with Gasteiger partial charge in [0.2, 0.25) is 0 Å². The summed E-state index contributed by atoms with van der Waals surface area (Å²) in [5.41, 5.74) is 1.67. The number of rotatable bonds is 8. The zero-order chi connectivity index (χ0) is 24.3. The fraction of sp³-hybridized carbons (Fsp3) is 0.273. The van der Waals surface area contributed by atoms with Crippen LogP contribution in [0.3, 0.4) is 0 Å². The van der Waals surface area contributed by atoms with Crippen LogP contribution in [0, 0.1) is 6.92 Å². The number of likely N-dealkylation sites (N-methyl/N-ethyl adjacent to an activating group) is 1. The van der Waals surface area contributed by atoms with Gasteiger partial charge in [-0.1, -0.05) is 17.7 Å². The van der Waals surface area contributed by atoms with Crippen LogP contribution in [0.5, 0.6) is 0 Å². The van der Waals surface area contributed by atoms with Crippen molar-refractivity contribution in [3.05, 3.63) is 59.7 Å². The molecule has 0 spiro atoms. The van der Waals surface area contributed by atoms with Crippen molar-refractivity contribution in [1.82, 2.24) is 15.1 Å². The molecule has 10 nitrogen and oxygen atoms in total. The van der Waals surface area contributed by atoms with E-state index in [0.717, 1.165) is 19.7 Å². The van der Waals surface area contributed by atoms with Crippen molar-refractivity contribution in [3.63, 3.8) is 0 Å². The SMILES string of the molecule is Cc1ccc(S(=O)(=O)N(C)c2ccc(C(=O)NCCCN3C(=O)C(=O)N(C)C3=O)cc2)cc1. The van der Waals surface area contributed by atoms with E-state index in [0.29, 0.717) is 11.3 Å². The second-order valence-electron chi connectivity index (χ2n) is 7.55. The van der Waals surface area contributed by atoms with E-state index in [9.17, 15) is 27.6 Å². The molecule has 1 aliphatic heterocycles. The van der Waals surface area contributed by atoms with E-state index in [1.807, 2.05) is 6.92 Å². The Bertz CT molecular complexity index is 1190. The van der Waals surface area contributed by atoms with Crippen LogP contribution in [0.2, 0.25) is 0 Å². The van der Waals surface area contributed by atoms with Crippen molar-refractivity contribution in [3.8, 4) is 0 Å². The molecule has 1 N–H and O–H groups in total. The quantitative estimate of drug-likeness (QED) is 0.351. The van der Waals surface area contributed by atoms with Gasteiger partial charge in [-0.15, -0.1) is 0 Å². The molecule has 2 aromatic carbocycles. The maximum Gasteiger partial charge on any atom is 0.333 e. The van der Waals surface area contributed by atoms with Crippen LogP contribution < -0.4 is 9.62 Å². The lowest BCUT2D eigenvalue weighted by molar-refractivity contribution is -0.142. The molecular formula is C22H24N4O6S. The van der Waals surface area contributed by atoms with E-state index in [-0.39, 0.29) is 24.4 Å². The minimum absolute atomic E-state index is 0.00856. The van der Waals surface area contributed by atoms with Crippen molar-refractivity contribution >= 4 is 39.5 Å². The number of benzene rings is 2. The van der Waals surface area contributed by atoms with Gasteiger partial charge in [0, 0.05) is 32.7 Å². The predicted octanol–water partition coefficient (Wildman–Crippen LogP) is 1.36. The fourth-order valence-corrected chi connectivity index (χ4v) is 4.38. The number of sulfonamides is 1. The number of urea groups is 1. The summed E-state index contributed by atoms with van der Waals surface area (Å²) in [6.45, 7) is 2.06. The highest BCUT2D eigenvalue weighted by molar-refractivity contribution is 7.92. The average molecular weight is 473 g/mol. The van der Waals surface area contributed by atoms with Crippen molar-refractivity contribution in [2.75, 3.05) is 31.5 Å². The van der Waals surface area contributed by atoms with E-state index >= 15 is 0 Å². The Morgan fingerprint density at radius 3 is 2.12 bits per heavy atom. The summed E-state index contributed by atoms with van der Waals surface area (Å²) in [6, 6.07) is 11.9. The molecule has 1 heterocycles. The van der Waals surface area contributed by atoms with Crippen LogP contribution in [-0.2, 0) is 19.6 Å². The molecule has 1 saturated heterocycles. The van der Waals surface area contributed by atoms with Gasteiger partial charge in [0.25, 0.3) is 15.9 Å². The van der Waals surface area contributed by atoms with E-state index in [1.54, 1.807) is 24.3 Å². The predicted molar refractivity (Wildman–Crippen MR) is 120 cm³/mol. The highest BCUT2D eigenvalue weighted by Gasteiger charge is 2.41. The molecule has 0 unspecified atom stereocenters. The molecule has 0 aromatic heterocycles. The minimum atomic E-state index is -3.74.